The van der Waals surface area contributed by atoms with E-state index < -0.39 is 0 Å². The number of rotatable bonds is 6. The largest absolute Gasteiger partial charge is 0.394 e. The Balaban J connectivity index is 1.69. The van der Waals surface area contributed by atoms with Gasteiger partial charge in [-0.1, -0.05) is 23.7 Å². The molecule has 1 aliphatic rings. The summed E-state index contributed by atoms with van der Waals surface area (Å²) in [6.07, 6.45) is 2.07. The highest BCUT2D eigenvalue weighted by molar-refractivity contribution is 6.30. The summed E-state index contributed by atoms with van der Waals surface area (Å²) in [6, 6.07) is 8.74. The van der Waals surface area contributed by atoms with Crippen LogP contribution in [0.2, 0.25) is 5.02 Å². The molecule has 1 atom stereocenters. The molecule has 134 valence electrons. The third kappa shape index (κ3) is 4.72. The number of hydrogen-bond acceptors (Lipinski definition) is 4. The second-order valence-corrected chi connectivity index (χ2v) is 6.28. The first-order valence-corrected chi connectivity index (χ1v) is 8.64. The maximum absolute atomic E-state index is 12.1. The lowest BCUT2D eigenvalue weighted by molar-refractivity contribution is 0.112. The Morgan fingerprint density at radius 1 is 1.44 bits per heavy atom. The van der Waals surface area contributed by atoms with Crippen LogP contribution in [0, 0.1) is 0 Å². The molecule has 8 heteroatoms. The van der Waals surface area contributed by atoms with Crippen molar-refractivity contribution < 1.29 is 14.6 Å². The van der Waals surface area contributed by atoms with E-state index in [4.69, 9.17) is 16.3 Å². The van der Waals surface area contributed by atoms with Crippen molar-refractivity contribution in [3.63, 3.8) is 0 Å². The number of anilines is 1. The number of hydrogen-bond donors (Lipinski definition) is 3. The Labute approximate surface area is 150 Å². The number of aliphatic hydroxyl groups is 1. The average Bonchev–Trinajstić information content (AvgIpc) is 3.24. The zero-order valence-electron chi connectivity index (χ0n) is 13.7. The summed E-state index contributed by atoms with van der Waals surface area (Å²) in [4.78, 5) is 12.1. The second-order valence-electron chi connectivity index (χ2n) is 5.84. The zero-order valence-corrected chi connectivity index (χ0v) is 14.5. The van der Waals surface area contributed by atoms with Crippen molar-refractivity contribution in [1.82, 2.24) is 15.1 Å². The average molecular weight is 365 g/mol. The van der Waals surface area contributed by atoms with Crippen molar-refractivity contribution in [2.24, 2.45) is 0 Å². The highest BCUT2D eigenvalue weighted by Gasteiger charge is 2.17. The van der Waals surface area contributed by atoms with Gasteiger partial charge in [0.05, 0.1) is 24.9 Å². The molecule has 3 N–H and O–H groups in total. The summed E-state index contributed by atoms with van der Waals surface area (Å²) in [6.45, 7) is 1.42. The van der Waals surface area contributed by atoms with Gasteiger partial charge in [0, 0.05) is 29.8 Å². The van der Waals surface area contributed by atoms with E-state index >= 15 is 0 Å². The highest BCUT2D eigenvalue weighted by atomic mass is 35.5. The second kappa shape index (κ2) is 8.33. The number of nitrogens with one attached hydrogen (secondary N) is 2. The van der Waals surface area contributed by atoms with E-state index in [0.717, 1.165) is 25.0 Å². The molecular formula is C17H21ClN4O3. The lowest BCUT2D eigenvalue weighted by Gasteiger charge is -2.12. The van der Waals surface area contributed by atoms with Crippen LogP contribution in [-0.2, 0) is 11.3 Å². The van der Waals surface area contributed by atoms with E-state index in [2.05, 4.69) is 15.7 Å². The number of urea groups is 1. The van der Waals surface area contributed by atoms with Gasteiger partial charge in [0.2, 0.25) is 0 Å². The van der Waals surface area contributed by atoms with Crippen LogP contribution in [-0.4, -0.2) is 46.8 Å². The van der Waals surface area contributed by atoms with Crippen molar-refractivity contribution in [3.05, 3.63) is 35.4 Å². The van der Waals surface area contributed by atoms with Gasteiger partial charge >= 0.3 is 6.03 Å². The van der Waals surface area contributed by atoms with Gasteiger partial charge in [0.25, 0.3) is 0 Å². The standard InChI is InChI=1S/C17H21ClN4O3/c18-13-4-1-3-12(9-13)15-10-16(22(21-15)6-7-23)20-17(24)19-11-14-5-2-8-25-14/h1,3-4,9-10,14,23H,2,5-8,11H2,(H2,19,20,24). The Kier molecular flexibility index (Phi) is 5.91. The van der Waals surface area contributed by atoms with Crippen LogP contribution in [0.25, 0.3) is 11.3 Å². The Hall–Kier alpha value is -2.09. The smallest absolute Gasteiger partial charge is 0.320 e. The molecular weight excluding hydrogens is 344 g/mol. The topological polar surface area (TPSA) is 88.4 Å². The molecule has 0 aliphatic carbocycles. The summed E-state index contributed by atoms with van der Waals surface area (Å²) in [7, 11) is 0. The predicted octanol–water partition coefficient (Wildman–Crippen LogP) is 2.50. The summed E-state index contributed by atoms with van der Waals surface area (Å²) in [5.41, 5.74) is 1.51. The summed E-state index contributed by atoms with van der Waals surface area (Å²) >= 11 is 6.02. The number of benzene rings is 1. The highest BCUT2D eigenvalue weighted by Crippen LogP contribution is 2.24. The number of aromatic nitrogens is 2. The van der Waals surface area contributed by atoms with E-state index in [1.165, 1.54) is 0 Å². The van der Waals surface area contributed by atoms with Crippen LogP contribution in [0.3, 0.4) is 0 Å². The van der Waals surface area contributed by atoms with Crippen molar-refractivity contribution in [1.29, 1.82) is 0 Å². The fraction of sp³-hybridized carbons (Fsp3) is 0.412. The molecule has 0 saturated carbocycles. The quantitative estimate of drug-likeness (QED) is 0.734. The van der Waals surface area contributed by atoms with Crippen LogP contribution < -0.4 is 10.6 Å². The molecule has 1 aromatic heterocycles. The Morgan fingerprint density at radius 3 is 3.04 bits per heavy atom. The van der Waals surface area contributed by atoms with Crippen molar-refractivity contribution in [2.45, 2.75) is 25.5 Å². The molecule has 1 aliphatic heterocycles. The first kappa shape index (κ1) is 17.7. The number of carbonyl (C=O) groups excluding carboxylic acids is 1. The van der Waals surface area contributed by atoms with Crippen LogP contribution in [0.15, 0.2) is 30.3 Å². The number of ether oxygens (including phenoxy) is 1. The van der Waals surface area contributed by atoms with Gasteiger partial charge in [0.15, 0.2) is 0 Å². The van der Waals surface area contributed by atoms with Gasteiger partial charge in [-0.3, -0.25) is 5.32 Å². The number of amides is 2. The van der Waals surface area contributed by atoms with Crippen LogP contribution in [0.5, 0.6) is 0 Å². The summed E-state index contributed by atoms with van der Waals surface area (Å²) < 4.78 is 7.04. The molecule has 7 nitrogen and oxygen atoms in total. The molecule has 1 fully saturated rings. The molecule has 3 rings (SSSR count). The maximum atomic E-state index is 12.1. The van der Waals surface area contributed by atoms with Gasteiger partial charge in [-0.25, -0.2) is 9.48 Å². The van der Waals surface area contributed by atoms with E-state index in [9.17, 15) is 9.90 Å². The van der Waals surface area contributed by atoms with Gasteiger partial charge < -0.3 is 15.2 Å². The van der Waals surface area contributed by atoms with Gasteiger partial charge in [-0.15, -0.1) is 0 Å². The van der Waals surface area contributed by atoms with E-state index in [-0.39, 0.29) is 25.3 Å². The third-order valence-electron chi connectivity index (χ3n) is 3.97. The molecule has 1 saturated heterocycles. The molecule has 1 aromatic carbocycles. The van der Waals surface area contributed by atoms with Crippen molar-refractivity contribution in [2.75, 3.05) is 25.1 Å². The molecule has 0 bridgehead atoms. The van der Waals surface area contributed by atoms with Crippen LogP contribution >= 0.6 is 11.6 Å². The molecule has 1 unspecified atom stereocenters. The van der Waals surface area contributed by atoms with Crippen molar-refractivity contribution >= 4 is 23.4 Å². The SMILES string of the molecule is O=C(NCC1CCCO1)Nc1cc(-c2cccc(Cl)c2)nn1CCO. The van der Waals surface area contributed by atoms with E-state index in [1.807, 2.05) is 12.1 Å². The zero-order chi connectivity index (χ0) is 17.6. The molecule has 2 amide bonds. The summed E-state index contributed by atoms with van der Waals surface area (Å²) in [5.74, 6) is 0.508. The minimum Gasteiger partial charge on any atom is -0.394 e. The molecule has 0 spiro atoms. The minimum atomic E-state index is -0.327. The monoisotopic (exact) mass is 364 g/mol. The van der Waals surface area contributed by atoms with Gasteiger partial charge in [-0.2, -0.15) is 5.10 Å². The van der Waals surface area contributed by atoms with E-state index in [1.54, 1.807) is 22.9 Å². The number of halogens is 1. The number of carbonyl (C=O) groups is 1. The fourth-order valence-electron chi connectivity index (χ4n) is 2.74. The molecule has 2 aromatic rings. The maximum Gasteiger partial charge on any atom is 0.320 e. The first-order chi connectivity index (χ1) is 12.2. The predicted molar refractivity (Wildman–Crippen MR) is 95.8 cm³/mol. The summed E-state index contributed by atoms with van der Waals surface area (Å²) in [5, 5.41) is 19.8. The van der Waals surface area contributed by atoms with Crippen LogP contribution in [0.4, 0.5) is 10.6 Å². The minimum absolute atomic E-state index is 0.0788. The molecule has 25 heavy (non-hydrogen) atoms. The van der Waals surface area contributed by atoms with E-state index in [0.29, 0.717) is 23.1 Å². The normalized spacial score (nSPS) is 16.8. The number of nitrogens with zero attached hydrogens (tertiary/aromatic N) is 2. The third-order valence-corrected chi connectivity index (χ3v) is 4.20. The molecule has 0 radical (unpaired) electrons. The lowest BCUT2D eigenvalue weighted by Crippen LogP contribution is -2.35. The number of aliphatic hydroxyl groups excluding tert-OH is 1. The Morgan fingerprint density at radius 2 is 2.32 bits per heavy atom. The molecule has 2 heterocycles. The lowest BCUT2D eigenvalue weighted by atomic mass is 10.1. The van der Waals surface area contributed by atoms with Crippen LogP contribution in [0.1, 0.15) is 12.8 Å². The van der Waals surface area contributed by atoms with Gasteiger partial charge in [-0.05, 0) is 25.0 Å². The first-order valence-electron chi connectivity index (χ1n) is 8.27. The fourth-order valence-corrected chi connectivity index (χ4v) is 2.93. The van der Waals surface area contributed by atoms with Crippen molar-refractivity contribution in [3.8, 4) is 11.3 Å². The Bertz CT molecular complexity index is 728. The van der Waals surface area contributed by atoms with Gasteiger partial charge in [0.1, 0.15) is 5.82 Å².